The third-order valence-corrected chi connectivity index (χ3v) is 5.03. The third kappa shape index (κ3) is 3.21. The first kappa shape index (κ1) is 16.0. The summed E-state index contributed by atoms with van der Waals surface area (Å²) < 4.78 is 0. The standard InChI is InChI=1S/C21H23N3O/c1-15-18-11-10-17(21(25)24-12-6-3-7-13-24)14-19(18)23-20(22-15)16-8-4-2-5-9-16/h4,8-11,14H,2-3,5-7,12-13H2,1H3. The number of hydrogen-bond donors (Lipinski definition) is 0. The Morgan fingerprint density at radius 2 is 1.92 bits per heavy atom. The number of aryl methyl sites for hydroxylation is 1. The summed E-state index contributed by atoms with van der Waals surface area (Å²) in [5, 5.41) is 1.01. The van der Waals surface area contributed by atoms with Crippen LogP contribution in [0.5, 0.6) is 0 Å². The number of fused-ring (bicyclic) bond motifs is 1. The van der Waals surface area contributed by atoms with Crippen molar-refractivity contribution in [3.8, 4) is 0 Å². The van der Waals surface area contributed by atoms with Crippen molar-refractivity contribution in [2.45, 2.75) is 39.0 Å². The molecule has 0 saturated carbocycles. The second-order valence-electron chi connectivity index (χ2n) is 6.86. The Morgan fingerprint density at radius 1 is 1.08 bits per heavy atom. The Labute approximate surface area is 148 Å². The number of carbonyl (C=O) groups excluding carboxylic acids is 1. The van der Waals surface area contributed by atoms with Crippen molar-refractivity contribution in [1.29, 1.82) is 0 Å². The van der Waals surface area contributed by atoms with Crippen molar-refractivity contribution in [3.05, 3.63) is 53.5 Å². The largest absolute Gasteiger partial charge is 0.339 e. The molecule has 1 aliphatic carbocycles. The van der Waals surface area contributed by atoms with Gasteiger partial charge >= 0.3 is 0 Å². The molecule has 25 heavy (non-hydrogen) atoms. The first-order chi connectivity index (χ1) is 12.2. The van der Waals surface area contributed by atoms with Gasteiger partial charge in [0.2, 0.25) is 0 Å². The van der Waals surface area contributed by atoms with Gasteiger partial charge in [0.1, 0.15) is 0 Å². The van der Waals surface area contributed by atoms with Crippen LogP contribution in [0.3, 0.4) is 0 Å². The summed E-state index contributed by atoms with van der Waals surface area (Å²) in [5.74, 6) is 0.875. The lowest BCUT2D eigenvalue weighted by atomic mass is 10.0. The summed E-state index contributed by atoms with van der Waals surface area (Å²) in [4.78, 5) is 24.1. The molecule has 2 aromatic rings. The molecule has 2 heterocycles. The van der Waals surface area contributed by atoms with E-state index in [4.69, 9.17) is 4.98 Å². The number of aromatic nitrogens is 2. The van der Waals surface area contributed by atoms with Gasteiger partial charge in [0, 0.05) is 35.3 Å². The molecule has 1 amide bonds. The number of likely N-dealkylation sites (tertiary alicyclic amines) is 1. The second-order valence-corrected chi connectivity index (χ2v) is 6.86. The van der Waals surface area contributed by atoms with E-state index in [2.05, 4.69) is 23.2 Å². The van der Waals surface area contributed by atoms with Gasteiger partial charge in [-0.3, -0.25) is 4.79 Å². The van der Waals surface area contributed by atoms with E-state index in [0.717, 1.165) is 72.3 Å². The van der Waals surface area contributed by atoms with Gasteiger partial charge in [-0.1, -0.05) is 24.3 Å². The molecule has 0 radical (unpaired) electrons. The number of amides is 1. The zero-order valence-corrected chi connectivity index (χ0v) is 14.7. The molecule has 0 atom stereocenters. The van der Waals surface area contributed by atoms with Gasteiger partial charge in [-0.25, -0.2) is 9.97 Å². The molecule has 2 aliphatic rings. The predicted molar refractivity (Wildman–Crippen MR) is 100 cm³/mol. The van der Waals surface area contributed by atoms with E-state index in [-0.39, 0.29) is 5.91 Å². The van der Waals surface area contributed by atoms with Gasteiger partial charge in [-0.15, -0.1) is 0 Å². The van der Waals surface area contributed by atoms with E-state index in [1.54, 1.807) is 0 Å². The monoisotopic (exact) mass is 333 g/mol. The number of benzene rings is 1. The molecule has 0 unspecified atom stereocenters. The molecular weight excluding hydrogens is 310 g/mol. The average molecular weight is 333 g/mol. The maximum Gasteiger partial charge on any atom is 0.253 e. The third-order valence-electron chi connectivity index (χ3n) is 5.03. The summed E-state index contributed by atoms with van der Waals surface area (Å²) >= 11 is 0. The fraction of sp³-hybridized carbons (Fsp3) is 0.381. The van der Waals surface area contributed by atoms with E-state index in [1.165, 1.54) is 6.42 Å². The lowest BCUT2D eigenvalue weighted by Gasteiger charge is -2.26. The fourth-order valence-corrected chi connectivity index (χ4v) is 3.61. The maximum absolute atomic E-state index is 12.8. The summed E-state index contributed by atoms with van der Waals surface area (Å²) in [5.41, 5.74) is 3.61. The summed E-state index contributed by atoms with van der Waals surface area (Å²) in [6, 6.07) is 5.82. The van der Waals surface area contributed by atoms with Gasteiger partial charge in [0.05, 0.1) is 5.52 Å². The number of carbonyl (C=O) groups is 1. The summed E-state index contributed by atoms with van der Waals surface area (Å²) in [6.45, 7) is 3.73. The molecule has 1 aromatic carbocycles. The first-order valence-electron chi connectivity index (χ1n) is 9.17. The SMILES string of the molecule is Cc1nc(C2=CCCC=C2)nc2cc(C(=O)N3CCCCC3)ccc12. The van der Waals surface area contributed by atoms with Crippen molar-refractivity contribution >= 4 is 22.4 Å². The molecule has 1 fully saturated rings. The molecule has 128 valence electrons. The Bertz CT molecular complexity index is 876. The van der Waals surface area contributed by atoms with Gasteiger partial charge in [0.15, 0.2) is 5.82 Å². The number of allylic oxidation sites excluding steroid dienone is 4. The highest BCUT2D eigenvalue weighted by molar-refractivity contribution is 5.98. The van der Waals surface area contributed by atoms with Gasteiger partial charge in [-0.05, 0) is 51.2 Å². The zero-order chi connectivity index (χ0) is 17.2. The normalized spacial score (nSPS) is 17.6. The maximum atomic E-state index is 12.8. The Balaban J connectivity index is 1.72. The van der Waals surface area contributed by atoms with Crippen LogP contribution in [0, 0.1) is 6.92 Å². The van der Waals surface area contributed by atoms with Crippen LogP contribution in [0.1, 0.15) is 54.0 Å². The highest BCUT2D eigenvalue weighted by Gasteiger charge is 2.19. The van der Waals surface area contributed by atoms with Crippen molar-refractivity contribution in [2.24, 2.45) is 0 Å². The first-order valence-corrected chi connectivity index (χ1v) is 9.17. The van der Waals surface area contributed by atoms with Crippen LogP contribution >= 0.6 is 0 Å². The fourth-order valence-electron chi connectivity index (χ4n) is 3.61. The predicted octanol–water partition coefficient (Wildman–Crippen LogP) is 4.30. The Kier molecular flexibility index (Phi) is 4.35. The Hall–Kier alpha value is -2.49. The summed E-state index contributed by atoms with van der Waals surface area (Å²) in [7, 11) is 0. The van der Waals surface area contributed by atoms with Crippen molar-refractivity contribution in [2.75, 3.05) is 13.1 Å². The van der Waals surface area contributed by atoms with Crippen LogP contribution in [-0.2, 0) is 0 Å². The molecular formula is C21H23N3O. The molecule has 1 saturated heterocycles. The second kappa shape index (κ2) is 6.79. The minimum atomic E-state index is 0.121. The van der Waals surface area contributed by atoms with Crippen LogP contribution in [-0.4, -0.2) is 33.9 Å². The number of piperidine rings is 1. The van der Waals surface area contributed by atoms with Gasteiger partial charge in [0.25, 0.3) is 5.91 Å². The number of rotatable bonds is 2. The van der Waals surface area contributed by atoms with E-state index in [1.807, 2.05) is 30.0 Å². The van der Waals surface area contributed by atoms with Crippen LogP contribution in [0.15, 0.2) is 36.4 Å². The average Bonchev–Trinajstić information content (AvgIpc) is 2.68. The molecule has 4 nitrogen and oxygen atoms in total. The molecule has 0 N–H and O–H groups in total. The lowest BCUT2D eigenvalue weighted by Crippen LogP contribution is -2.35. The number of nitrogens with zero attached hydrogens (tertiary/aromatic N) is 3. The van der Waals surface area contributed by atoms with Crippen LogP contribution in [0.4, 0.5) is 0 Å². The van der Waals surface area contributed by atoms with E-state index < -0.39 is 0 Å². The van der Waals surface area contributed by atoms with Gasteiger partial charge < -0.3 is 4.90 Å². The molecule has 4 heteroatoms. The quantitative estimate of drug-likeness (QED) is 0.823. The zero-order valence-electron chi connectivity index (χ0n) is 14.7. The smallest absolute Gasteiger partial charge is 0.253 e. The molecule has 1 aromatic heterocycles. The minimum Gasteiger partial charge on any atom is -0.339 e. The van der Waals surface area contributed by atoms with Gasteiger partial charge in [-0.2, -0.15) is 0 Å². The Morgan fingerprint density at radius 3 is 2.68 bits per heavy atom. The number of hydrogen-bond acceptors (Lipinski definition) is 3. The van der Waals surface area contributed by atoms with Crippen molar-refractivity contribution in [1.82, 2.24) is 14.9 Å². The van der Waals surface area contributed by atoms with E-state index >= 15 is 0 Å². The van der Waals surface area contributed by atoms with Crippen LogP contribution in [0.2, 0.25) is 0 Å². The summed E-state index contributed by atoms with van der Waals surface area (Å²) in [6.07, 6.45) is 12.0. The highest BCUT2D eigenvalue weighted by Crippen LogP contribution is 2.24. The van der Waals surface area contributed by atoms with Crippen LogP contribution < -0.4 is 0 Å². The van der Waals surface area contributed by atoms with Crippen molar-refractivity contribution < 1.29 is 4.79 Å². The lowest BCUT2D eigenvalue weighted by molar-refractivity contribution is 0.0724. The van der Waals surface area contributed by atoms with Crippen molar-refractivity contribution in [3.63, 3.8) is 0 Å². The highest BCUT2D eigenvalue weighted by atomic mass is 16.2. The molecule has 4 rings (SSSR count). The molecule has 1 aliphatic heterocycles. The molecule has 0 spiro atoms. The minimum absolute atomic E-state index is 0.121. The van der Waals surface area contributed by atoms with Crippen LogP contribution in [0.25, 0.3) is 16.5 Å². The van der Waals surface area contributed by atoms with E-state index in [9.17, 15) is 4.79 Å². The topological polar surface area (TPSA) is 46.1 Å². The van der Waals surface area contributed by atoms with E-state index in [0.29, 0.717) is 0 Å². The molecule has 0 bridgehead atoms.